The van der Waals surface area contributed by atoms with Crippen LogP contribution in [0.1, 0.15) is 6.92 Å². The fourth-order valence-corrected chi connectivity index (χ4v) is 4.99. The van der Waals surface area contributed by atoms with Crippen LogP contribution in [0.15, 0.2) is 91.0 Å². The van der Waals surface area contributed by atoms with Gasteiger partial charge in [0.15, 0.2) is 0 Å². The Morgan fingerprint density at radius 1 is 0.708 bits per heavy atom. The minimum atomic E-state index is -1.71. The lowest BCUT2D eigenvalue weighted by Gasteiger charge is -2.22. The van der Waals surface area contributed by atoms with E-state index in [2.05, 4.69) is 55.5 Å². The molecule has 0 aromatic heterocycles. The standard InChI is InChI=1S/C21H22O2Si/c1-18(17-22-19-11-5-2-6-12-19)23-24(20-13-7-3-8-14-20)21-15-9-4-10-16-21/h2-16,18,24H,17H2,1H3. The van der Waals surface area contributed by atoms with Crippen LogP contribution in [0, 0.1) is 0 Å². The number of rotatable bonds is 7. The van der Waals surface area contributed by atoms with E-state index in [-0.39, 0.29) is 6.10 Å². The van der Waals surface area contributed by atoms with Crippen molar-refractivity contribution in [2.75, 3.05) is 6.61 Å². The maximum atomic E-state index is 6.46. The fraction of sp³-hybridized carbons (Fsp3) is 0.143. The van der Waals surface area contributed by atoms with E-state index in [4.69, 9.17) is 9.16 Å². The van der Waals surface area contributed by atoms with Crippen molar-refractivity contribution in [1.29, 1.82) is 0 Å². The topological polar surface area (TPSA) is 18.5 Å². The second-order valence-electron chi connectivity index (χ2n) is 5.77. The van der Waals surface area contributed by atoms with E-state index in [1.54, 1.807) is 0 Å². The maximum Gasteiger partial charge on any atom is 0.240 e. The monoisotopic (exact) mass is 334 g/mol. The molecule has 0 bridgehead atoms. The summed E-state index contributed by atoms with van der Waals surface area (Å²) in [6.07, 6.45) is 0.0299. The van der Waals surface area contributed by atoms with Crippen LogP contribution >= 0.6 is 0 Å². The average molecular weight is 334 g/mol. The normalized spacial score (nSPS) is 12.1. The lowest BCUT2D eigenvalue weighted by Crippen LogP contribution is -2.47. The summed E-state index contributed by atoms with van der Waals surface area (Å²) in [7, 11) is -1.71. The zero-order valence-electron chi connectivity index (χ0n) is 13.8. The van der Waals surface area contributed by atoms with Gasteiger partial charge >= 0.3 is 0 Å². The first kappa shape index (κ1) is 16.5. The van der Waals surface area contributed by atoms with Gasteiger partial charge in [0.05, 0.1) is 6.10 Å². The van der Waals surface area contributed by atoms with Crippen molar-refractivity contribution < 1.29 is 9.16 Å². The molecule has 0 heterocycles. The Morgan fingerprint density at radius 2 is 1.17 bits per heavy atom. The van der Waals surface area contributed by atoms with E-state index in [1.807, 2.05) is 42.5 Å². The van der Waals surface area contributed by atoms with Crippen LogP contribution in [0.3, 0.4) is 0 Å². The molecule has 3 aromatic rings. The third-order valence-electron chi connectivity index (χ3n) is 3.80. The molecule has 0 radical (unpaired) electrons. The fourth-order valence-electron chi connectivity index (χ4n) is 2.61. The van der Waals surface area contributed by atoms with Crippen LogP contribution in [0.2, 0.25) is 0 Å². The molecule has 122 valence electrons. The summed E-state index contributed by atoms with van der Waals surface area (Å²) < 4.78 is 12.3. The highest BCUT2D eigenvalue weighted by Crippen LogP contribution is 2.09. The van der Waals surface area contributed by atoms with Crippen molar-refractivity contribution in [2.24, 2.45) is 0 Å². The van der Waals surface area contributed by atoms with Crippen molar-refractivity contribution in [3.05, 3.63) is 91.0 Å². The predicted molar refractivity (Wildman–Crippen MR) is 102 cm³/mol. The Labute approximate surface area is 145 Å². The molecule has 3 heteroatoms. The van der Waals surface area contributed by atoms with Crippen molar-refractivity contribution in [2.45, 2.75) is 13.0 Å². The van der Waals surface area contributed by atoms with E-state index >= 15 is 0 Å². The molecule has 1 atom stereocenters. The molecule has 3 rings (SSSR count). The Morgan fingerprint density at radius 3 is 1.67 bits per heavy atom. The first-order chi connectivity index (χ1) is 11.8. The Balaban J connectivity index is 1.70. The van der Waals surface area contributed by atoms with Crippen LogP contribution in [0.5, 0.6) is 5.75 Å². The quantitative estimate of drug-likeness (QED) is 0.619. The second kappa shape index (κ2) is 8.48. The lowest BCUT2D eigenvalue weighted by atomic mass is 10.3. The third-order valence-corrected chi connectivity index (χ3v) is 6.52. The Kier molecular flexibility index (Phi) is 5.83. The van der Waals surface area contributed by atoms with Gasteiger partial charge in [-0.15, -0.1) is 0 Å². The molecular weight excluding hydrogens is 312 g/mol. The number of hydrogen-bond acceptors (Lipinski definition) is 2. The summed E-state index contributed by atoms with van der Waals surface area (Å²) in [6, 6.07) is 30.9. The molecule has 24 heavy (non-hydrogen) atoms. The van der Waals surface area contributed by atoms with E-state index < -0.39 is 9.04 Å². The van der Waals surface area contributed by atoms with Gasteiger partial charge in [-0.3, -0.25) is 0 Å². The molecule has 0 N–H and O–H groups in total. The third kappa shape index (κ3) is 4.57. The minimum Gasteiger partial charge on any atom is -0.491 e. The van der Waals surface area contributed by atoms with E-state index in [0.717, 1.165) is 5.75 Å². The van der Waals surface area contributed by atoms with E-state index in [1.165, 1.54) is 10.4 Å². The molecule has 0 aliphatic carbocycles. The number of ether oxygens (including phenoxy) is 1. The van der Waals surface area contributed by atoms with Gasteiger partial charge in [-0.2, -0.15) is 0 Å². The SMILES string of the molecule is CC(COc1ccccc1)O[SiH](c1ccccc1)c1ccccc1. The molecule has 2 nitrogen and oxygen atoms in total. The lowest BCUT2D eigenvalue weighted by molar-refractivity contribution is 0.147. The molecule has 0 aliphatic rings. The van der Waals surface area contributed by atoms with Gasteiger partial charge in [0.2, 0.25) is 9.04 Å². The van der Waals surface area contributed by atoms with Gasteiger partial charge in [0.25, 0.3) is 0 Å². The van der Waals surface area contributed by atoms with Crippen molar-refractivity contribution >= 4 is 19.4 Å². The zero-order chi connectivity index (χ0) is 16.6. The molecule has 1 unspecified atom stereocenters. The predicted octanol–water partition coefficient (Wildman–Crippen LogP) is 3.01. The van der Waals surface area contributed by atoms with Gasteiger partial charge < -0.3 is 9.16 Å². The van der Waals surface area contributed by atoms with Crippen molar-refractivity contribution in [1.82, 2.24) is 0 Å². The zero-order valence-corrected chi connectivity index (χ0v) is 15.0. The highest BCUT2D eigenvalue weighted by atomic mass is 28.3. The van der Waals surface area contributed by atoms with Gasteiger partial charge in [-0.1, -0.05) is 78.9 Å². The molecule has 0 fully saturated rings. The molecule has 3 aromatic carbocycles. The van der Waals surface area contributed by atoms with Gasteiger partial charge in [-0.05, 0) is 29.4 Å². The molecular formula is C21H22O2Si. The van der Waals surface area contributed by atoms with Gasteiger partial charge in [0.1, 0.15) is 12.4 Å². The summed E-state index contributed by atoms with van der Waals surface area (Å²) in [6.45, 7) is 2.63. The smallest absolute Gasteiger partial charge is 0.240 e. The summed E-state index contributed by atoms with van der Waals surface area (Å²) in [5.41, 5.74) is 0. The first-order valence-corrected chi connectivity index (χ1v) is 9.89. The maximum absolute atomic E-state index is 6.46. The summed E-state index contributed by atoms with van der Waals surface area (Å²) in [4.78, 5) is 0. The number of benzene rings is 3. The molecule has 0 aliphatic heterocycles. The van der Waals surface area contributed by atoms with Crippen LogP contribution in [0.25, 0.3) is 0 Å². The van der Waals surface area contributed by atoms with Crippen LogP contribution in [-0.4, -0.2) is 21.8 Å². The van der Waals surface area contributed by atoms with Crippen LogP contribution in [0.4, 0.5) is 0 Å². The minimum absolute atomic E-state index is 0.0299. The first-order valence-electron chi connectivity index (χ1n) is 8.26. The van der Waals surface area contributed by atoms with E-state index in [0.29, 0.717) is 6.61 Å². The van der Waals surface area contributed by atoms with Crippen LogP contribution < -0.4 is 15.1 Å². The van der Waals surface area contributed by atoms with Gasteiger partial charge in [-0.25, -0.2) is 0 Å². The highest BCUT2D eigenvalue weighted by molar-refractivity contribution is 6.80. The highest BCUT2D eigenvalue weighted by Gasteiger charge is 2.20. The Hall–Kier alpha value is -2.36. The molecule has 0 spiro atoms. The average Bonchev–Trinajstić information content (AvgIpc) is 2.67. The van der Waals surface area contributed by atoms with Gasteiger partial charge in [0, 0.05) is 0 Å². The van der Waals surface area contributed by atoms with Crippen molar-refractivity contribution in [3.8, 4) is 5.75 Å². The largest absolute Gasteiger partial charge is 0.491 e. The number of para-hydroxylation sites is 1. The molecule has 0 saturated heterocycles. The molecule has 0 saturated carbocycles. The Bertz CT molecular complexity index is 677. The molecule has 0 amide bonds. The summed E-state index contributed by atoms with van der Waals surface area (Å²) in [5.74, 6) is 0.880. The van der Waals surface area contributed by atoms with Crippen LogP contribution in [-0.2, 0) is 4.43 Å². The second-order valence-corrected chi connectivity index (χ2v) is 8.14. The summed E-state index contributed by atoms with van der Waals surface area (Å²) in [5, 5.41) is 2.57. The number of hydrogen-bond donors (Lipinski definition) is 0. The summed E-state index contributed by atoms with van der Waals surface area (Å²) >= 11 is 0. The van der Waals surface area contributed by atoms with Crippen molar-refractivity contribution in [3.63, 3.8) is 0 Å². The van der Waals surface area contributed by atoms with E-state index in [9.17, 15) is 0 Å².